The highest BCUT2D eigenvalue weighted by molar-refractivity contribution is 5.74. The smallest absolute Gasteiger partial charge is 0.311 e. The number of esters is 2. The van der Waals surface area contributed by atoms with Crippen LogP contribution in [0, 0.1) is 0 Å². The third kappa shape index (κ3) is 9.75. The fourth-order valence-electron chi connectivity index (χ4n) is 2.39. The summed E-state index contributed by atoms with van der Waals surface area (Å²) >= 11 is 0. The summed E-state index contributed by atoms with van der Waals surface area (Å²) in [4.78, 5) is 23.4. The Kier molecular flexibility index (Phi) is 11.2. The van der Waals surface area contributed by atoms with Crippen LogP contribution in [0.1, 0.15) is 64.7 Å². The Hall–Kier alpha value is -2.04. The van der Waals surface area contributed by atoms with E-state index in [2.05, 4.69) is 6.92 Å². The number of methoxy groups -OCH3 is 1. The van der Waals surface area contributed by atoms with Crippen LogP contribution in [0.15, 0.2) is 24.3 Å². The Labute approximate surface area is 150 Å². The van der Waals surface area contributed by atoms with Gasteiger partial charge in [-0.1, -0.05) is 51.2 Å². The van der Waals surface area contributed by atoms with Crippen molar-refractivity contribution in [1.82, 2.24) is 0 Å². The predicted molar refractivity (Wildman–Crippen MR) is 96.8 cm³/mol. The summed E-state index contributed by atoms with van der Waals surface area (Å²) in [7, 11) is 1.52. The minimum absolute atomic E-state index is 0.171. The molecule has 140 valence electrons. The van der Waals surface area contributed by atoms with Gasteiger partial charge >= 0.3 is 11.9 Å². The number of benzene rings is 1. The maximum absolute atomic E-state index is 11.8. The predicted octanol–water partition coefficient (Wildman–Crippen LogP) is 4.67. The Balaban J connectivity index is 2.09. The highest BCUT2D eigenvalue weighted by Crippen LogP contribution is 2.26. The summed E-state index contributed by atoms with van der Waals surface area (Å²) in [6.45, 7) is 2.66. The van der Waals surface area contributed by atoms with Crippen LogP contribution in [0.3, 0.4) is 0 Å². The van der Waals surface area contributed by atoms with Gasteiger partial charge in [0.05, 0.1) is 13.7 Å². The number of carbonyl (C=O) groups is 2. The lowest BCUT2D eigenvalue weighted by atomic mass is 10.1. The van der Waals surface area contributed by atoms with Crippen molar-refractivity contribution in [3.8, 4) is 11.5 Å². The van der Waals surface area contributed by atoms with Crippen LogP contribution < -0.4 is 9.47 Å². The van der Waals surface area contributed by atoms with Crippen LogP contribution in [0.2, 0.25) is 0 Å². The van der Waals surface area contributed by atoms with Crippen LogP contribution in [-0.2, 0) is 14.3 Å². The quantitative estimate of drug-likeness (QED) is 0.294. The second kappa shape index (κ2) is 13.3. The summed E-state index contributed by atoms with van der Waals surface area (Å²) in [5, 5.41) is 0. The van der Waals surface area contributed by atoms with Crippen molar-refractivity contribution in [1.29, 1.82) is 0 Å². The SMILES string of the molecule is CCCCCCCCOC(=O)CCCC(=O)Oc1ccccc1OC. The van der Waals surface area contributed by atoms with Crippen molar-refractivity contribution in [2.24, 2.45) is 0 Å². The largest absolute Gasteiger partial charge is 0.493 e. The average molecular weight is 350 g/mol. The lowest BCUT2D eigenvalue weighted by molar-refractivity contribution is -0.144. The minimum Gasteiger partial charge on any atom is -0.493 e. The second-order valence-electron chi connectivity index (χ2n) is 5.97. The van der Waals surface area contributed by atoms with Crippen molar-refractivity contribution >= 4 is 11.9 Å². The van der Waals surface area contributed by atoms with Crippen molar-refractivity contribution in [2.75, 3.05) is 13.7 Å². The van der Waals surface area contributed by atoms with Gasteiger partial charge in [0.1, 0.15) is 0 Å². The van der Waals surface area contributed by atoms with E-state index in [1.807, 2.05) is 0 Å². The summed E-state index contributed by atoms with van der Waals surface area (Å²) < 4.78 is 15.5. The van der Waals surface area contributed by atoms with Crippen molar-refractivity contribution in [3.05, 3.63) is 24.3 Å². The monoisotopic (exact) mass is 350 g/mol. The third-order valence-electron chi connectivity index (χ3n) is 3.82. The molecule has 1 aromatic carbocycles. The molecule has 0 aromatic heterocycles. The molecule has 0 unspecified atom stereocenters. The molecule has 25 heavy (non-hydrogen) atoms. The molecule has 0 saturated carbocycles. The highest BCUT2D eigenvalue weighted by atomic mass is 16.6. The normalized spacial score (nSPS) is 10.3. The molecule has 0 atom stereocenters. The number of ether oxygens (including phenoxy) is 3. The highest BCUT2D eigenvalue weighted by Gasteiger charge is 2.11. The van der Waals surface area contributed by atoms with E-state index < -0.39 is 0 Å². The number of hydrogen-bond donors (Lipinski definition) is 0. The minimum atomic E-state index is -0.381. The zero-order valence-corrected chi connectivity index (χ0v) is 15.4. The molecular weight excluding hydrogens is 320 g/mol. The van der Waals surface area contributed by atoms with Crippen LogP contribution >= 0.6 is 0 Å². The number of para-hydroxylation sites is 2. The molecule has 5 heteroatoms. The van der Waals surface area contributed by atoms with E-state index in [9.17, 15) is 9.59 Å². The van der Waals surface area contributed by atoms with E-state index in [-0.39, 0.29) is 24.8 Å². The Morgan fingerprint density at radius 3 is 2.20 bits per heavy atom. The first-order valence-electron chi connectivity index (χ1n) is 9.16. The van der Waals surface area contributed by atoms with Gasteiger partial charge < -0.3 is 14.2 Å². The molecule has 5 nitrogen and oxygen atoms in total. The van der Waals surface area contributed by atoms with Crippen molar-refractivity contribution < 1.29 is 23.8 Å². The van der Waals surface area contributed by atoms with Crippen LogP contribution in [0.5, 0.6) is 11.5 Å². The first kappa shape index (κ1) is 21.0. The standard InChI is InChI=1S/C20H30O5/c1-3-4-5-6-7-10-16-24-19(21)14-11-15-20(22)25-18-13-9-8-12-17(18)23-2/h8-9,12-13H,3-7,10-11,14-16H2,1-2H3. The molecule has 1 rings (SSSR count). The molecule has 0 bridgehead atoms. The van der Waals surface area contributed by atoms with Gasteiger partial charge in [0, 0.05) is 12.8 Å². The van der Waals surface area contributed by atoms with E-state index in [0.29, 0.717) is 24.5 Å². The molecule has 0 radical (unpaired) electrons. The Morgan fingerprint density at radius 2 is 1.48 bits per heavy atom. The van der Waals surface area contributed by atoms with E-state index >= 15 is 0 Å². The lowest BCUT2D eigenvalue weighted by Crippen LogP contribution is -2.11. The Bertz CT molecular complexity index is 513. The van der Waals surface area contributed by atoms with Gasteiger partial charge in [-0.15, -0.1) is 0 Å². The molecule has 0 spiro atoms. The molecule has 0 fully saturated rings. The number of carbonyl (C=O) groups excluding carboxylic acids is 2. The summed E-state index contributed by atoms with van der Waals surface area (Å²) in [6.07, 6.45) is 7.77. The maximum Gasteiger partial charge on any atom is 0.311 e. The molecular formula is C20H30O5. The van der Waals surface area contributed by atoms with Gasteiger partial charge in [0.25, 0.3) is 0 Å². The molecule has 0 aliphatic rings. The number of unbranched alkanes of at least 4 members (excludes halogenated alkanes) is 5. The van der Waals surface area contributed by atoms with Gasteiger partial charge in [-0.25, -0.2) is 0 Å². The van der Waals surface area contributed by atoms with Crippen LogP contribution in [-0.4, -0.2) is 25.7 Å². The van der Waals surface area contributed by atoms with Crippen LogP contribution in [0.4, 0.5) is 0 Å². The number of rotatable bonds is 13. The molecule has 0 aliphatic heterocycles. The van der Waals surface area contributed by atoms with E-state index in [4.69, 9.17) is 14.2 Å². The van der Waals surface area contributed by atoms with Crippen LogP contribution in [0.25, 0.3) is 0 Å². The first-order valence-corrected chi connectivity index (χ1v) is 9.16. The van der Waals surface area contributed by atoms with Gasteiger partial charge in [-0.05, 0) is 25.0 Å². The van der Waals surface area contributed by atoms with Gasteiger partial charge in [0.15, 0.2) is 11.5 Å². The van der Waals surface area contributed by atoms with E-state index in [1.165, 1.54) is 32.8 Å². The average Bonchev–Trinajstić information content (AvgIpc) is 2.61. The van der Waals surface area contributed by atoms with E-state index in [1.54, 1.807) is 24.3 Å². The first-order chi connectivity index (χ1) is 12.2. The van der Waals surface area contributed by atoms with Gasteiger partial charge in [-0.3, -0.25) is 9.59 Å². The molecule has 1 aromatic rings. The zero-order valence-electron chi connectivity index (χ0n) is 15.4. The second-order valence-corrected chi connectivity index (χ2v) is 5.97. The summed E-state index contributed by atoms with van der Waals surface area (Å²) in [5.41, 5.74) is 0. The lowest BCUT2D eigenvalue weighted by Gasteiger charge is -2.08. The molecule has 0 aliphatic carbocycles. The number of hydrogen-bond acceptors (Lipinski definition) is 5. The van der Waals surface area contributed by atoms with Gasteiger partial charge in [0.2, 0.25) is 0 Å². The van der Waals surface area contributed by atoms with Crippen molar-refractivity contribution in [2.45, 2.75) is 64.7 Å². The summed E-state index contributed by atoms with van der Waals surface area (Å²) in [6, 6.07) is 6.97. The molecule has 0 N–H and O–H groups in total. The fraction of sp³-hybridized carbons (Fsp3) is 0.600. The molecule has 0 saturated heterocycles. The van der Waals surface area contributed by atoms with Gasteiger partial charge in [-0.2, -0.15) is 0 Å². The molecule has 0 amide bonds. The summed E-state index contributed by atoms with van der Waals surface area (Å²) in [5.74, 6) is 0.265. The van der Waals surface area contributed by atoms with Crippen molar-refractivity contribution in [3.63, 3.8) is 0 Å². The fourth-order valence-corrected chi connectivity index (χ4v) is 2.39. The zero-order chi connectivity index (χ0) is 18.3. The molecule has 0 heterocycles. The Morgan fingerprint density at radius 1 is 0.840 bits per heavy atom. The van der Waals surface area contributed by atoms with E-state index in [0.717, 1.165) is 12.8 Å². The maximum atomic E-state index is 11.8. The topological polar surface area (TPSA) is 61.8 Å². The third-order valence-corrected chi connectivity index (χ3v) is 3.82.